The molecule has 1 atom stereocenters. The van der Waals surface area contributed by atoms with E-state index in [2.05, 4.69) is 10.3 Å². The van der Waals surface area contributed by atoms with Gasteiger partial charge in [-0.25, -0.2) is 4.99 Å². The van der Waals surface area contributed by atoms with Crippen molar-refractivity contribution in [2.45, 2.75) is 25.2 Å². The summed E-state index contributed by atoms with van der Waals surface area (Å²) in [6.45, 7) is 3.98. The van der Waals surface area contributed by atoms with E-state index in [4.69, 9.17) is 21.1 Å². The van der Waals surface area contributed by atoms with Gasteiger partial charge in [-0.15, -0.1) is 0 Å². The van der Waals surface area contributed by atoms with Gasteiger partial charge in [0.15, 0.2) is 25.3 Å². The van der Waals surface area contributed by atoms with Crippen molar-refractivity contribution in [3.8, 4) is 5.75 Å². The molecular formula is C16H21ClN3O2S+. The molecule has 7 heteroatoms. The lowest BCUT2D eigenvalue weighted by Gasteiger charge is -2.24. The van der Waals surface area contributed by atoms with E-state index in [1.807, 2.05) is 12.1 Å². The number of amidine groups is 1. The number of fused-ring (bicyclic) bond motifs is 1. The van der Waals surface area contributed by atoms with E-state index in [9.17, 15) is 0 Å². The monoisotopic (exact) mass is 354 g/mol. The standard InChI is InChI=1S/C16H20ClN3O2S/c17-14-3-12-6-21-10-22-15(12)13(4-14)7-23-16-18-8-20(9-19-16)5-11-1-2-11/h3-4,11H,1-2,5-10H2,(H,18,19)/p+1. The molecule has 1 fully saturated rings. The Balaban J connectivity index is 1.37. The van der Waals surface area contributed by atoms with Crippen LogP contribution in [-0.2, 0) is 17.1 Å². The molecule has 1 aliphatic carbocycles. The third kappa shape index (κ3) is 3.94. The van der Waals surface area contributed by atoms with Crippen LogP contribution in [0.5, 0.6) is 5.75 Å². The maximum Gasteiger partial charge on any atom is 0.189 e. The Hall–Kier alpha value is -0.950. The molecule has 1 saturated carbocycles. The smallest absolute Gasteiger partial charge is 0.189 e. The number of hydrogen-bond donors (Lipinski definition) is 2. The molecule has 0 radical (unpaired) electrons. The van der Waals surface area contributed by atoms with Crippen LogP contribution >= 0.6 is 23.4 Å². The predicted molar refractivity (Wildman–Crippen MR) is 91.9 cm³/mol. The average molecular weight is 355 g/mol. The number of hydrogen-bond acceptors (Lipinski definition) is 5. The van der Waals surface area contributed by atoms with Gasteiger partial charge >= 0.3 is 0 Å². The van der Waals surface area contributed by atoms with Crippen molar-refractivity contribution in [3.05, 3.63) is 28.3 Å². The molecule has 1 aromatic carbocycles. The number of rotatable bonds is 4. The molecule has 2 aliphatic heterocycles. The summed E-state index contributed by atoms with van der Waals surface area (Å²) in [7, 11) is 0. The van der Waals surface area contributed by atoms with Gasteiger partial charge in [0.1, 0.15) is 5.75 Å². The van der Waals surface area contributed by atoms with E-state index in [0.717, 1.165) is 52.1 Å². The van der Waals surface area contributed by atoms with Gasteiger partial charge in [0.25, 0.3) is 0 Å². The van der Waals surface area contributed by atoms with Crippen molar-refractivity contribution in [1.29, 1.82) is 0 Å². The summed E-state index contributed by atoms with van der Waals surface area (Å²) in [6, 6.07) is 3.90. The van der Waals surface area contributed by atoms with Crippen molar-refractivity contribution < 1.29 is 14.4 Å². The normalized spacial score (nSPS) is 23.5. The predicted octanol–water partition coefficient (Wildman–Crippen LogP) is 1.61. The highest BCUT2D eigenvalue weighted by atomic mass is 35.5. The third-order valence-electron chi connectivity index (χ3n) is 4.33. The first kappa shape index (κ1) is 15.6. The average Bonchev–Trinajstić information content (AvgIpc) is 3.38. The summed E-state index contributed by atoms with van der Waals surface area (Å²) in [5.41, 5.74) is 2.14. The number of halogens is 1. The van der Waals surface area contributed by atoms with Gasteiger partial charge in [0.05, 0.1) is 13.2 Å². The van der Waals surface area contributed by atoms with Gasteiger partial charge in [0, 0.05) is 27.8 Å². The largest absolute Gasteiger partial charge is 0.467 e. The Bertz CT molecular complexity index is 622. The van der Waals surface area contributed by atoms with Crippen LogP contribution in [0, 0.1) is 5.92 Å². The van der Waals surface area contributed by atoms with Crippen LogP contribution < -0.4 is 15.0 Å². The van der Waals surface area contributed by atoms with Crippen LogP contribution in [0.2, 0.25) is 5.02 Å². The van der Waals surface area contributed by atoms with E-state index in [1.165, 1.54) is 24.3 Å². The van der Waals surface area contributed by atoms with Crippen molar-refractivity contribution in [3.63, 3.8) is 0 Å². The number of ether oxygens (including phenoxy) is 2. The molecule has 0 bridgehead atoms. The zero-order chi connectivity index (χ0) is 15.6. The first-order valence-electron chi connectivity index (χ1n) is 8.04. The van der Waals surface area contributed by atoms with Gasteiger partial charge < -0.3 is 14.8 Å². The molecule has 1 unspecified atom stereocenters. The molecule has 0 aromatic heterocycles. The van der Waals surface area contributed by atoms with Crippen molar-refractivity contribution in [2.24, 2.45) is 10.9 Å². The maximum absolute atomic E-state index is 6.21. The van der Waals surface area contributed by atoms with Crippen LogP contribution in [0.1, 0.15) is 24.0 Å². The summed E-state index contributed by atoms with van der Waals surface area (Å²) in [5.74, 6) is 2.66. The Kier molecular flexibility index (Phi) is 4.66. The molecule has 5 nitrogen and oxygen atoms in total. The van der Waals surface area contributed by atoms with E-state index in [1.54, 1.807) is 11.8 Å². The minimum Gasteiger partial charge on any atom is -0.467 e. The summed E-state index contributed by atoms with van der Waals surface area (Å²) < 4.78 is 11.0. The molecule has 2 heterocycles. The van der Waals surface area contributed by atoms with Gasteiger partial charge in [-0.1, -0.05) is 23.4 Å². The molecular weight excluding hydrogens is 334 g/mol. The zero-order valence-corrected chi connectivity index (χ0v) is 14.5. The highest BCUT2D eigenvalue weighted by Gasteiger charge is 2.28. The lowest BCUT2D eigenvalue weighted by atomic mass is 10.1. The van der Waals surface area contributed by atoms with Crippen molar-refractivity contribution >= 4 is 28.5 Å². The summed E-state index contributed by atoms with van der Waals surface area (Å²) >= 11 is 7.92. The number of quaternary nitrogens is 1. The molecule has 0 amide bonds. The lowest BCUT2D eigenvalue weighted by molar-refractivity contribution is -0.904. The number of nitrogens with one attached hydrogen (secondary N) is 2. The molecule has 124 valence electrons. The summed E-state index contributed by atoms with van der Waals surface area (Å²) in [5, 5.41) is 5.19. The Morgan fingerprint density at radius 2 is 2.30 bits per heavy atom. The first-order valence-corrected chi connectivity index (χ1v) is 9.41. The molecule has 2 N–H and O–H groups in total. The van der Waals surface area contributed by atoms with Crippen LogP contribution in [0.3, 0.4) is 0 Å². The Morgan fingerprint density at radius 3 is 3.09 bits per heavy atom. The quantitative estimate of drug-likeness (QED) is 0.862. The van der Waals surface area contributed by atoms with Gasteiger partial charge in [-0.3, -0.25) is 4.90 Å². The Labute approximate surface area is 145 Å². The van der Waals surface area contributed by atoms with E-state index < -0.39 is 0 Å². The van der Waals surface area contributed by atoms with Gasteiger partial charge in [-0.05, 0) is 25.0 Å². The topological polar surface area (TPSA) is 47.3 Å². The van der Waals surface area contributed by atoms with E-state index >= 15 is 0 Å². The Morgan fingerprint density at radius 1 is 1.39 bits per heavy atom. The number of benzene rings is 1. The molecule has 0 spiro atoms. The molecule has 4 rings (SSSR count). The van der Waals surface area contributed by atoms with Crippen LogP contribution in [0.4, 0.5) is 0 Å². The van der Waals surface area contributed by atoms with Gasteiger partial charge in [0.2, 0.25) is 0 Å². The minimum absolute atomic E-state index is 0.310. The van der Waals surface area contributed by atoms with Crippen molar-refractivity contribution in [2.75, 3.05) is 26.7 Å². The third-order valence-corrected chi connectivity index (χ3v) is 5.55. The van der Waals surface area contributed by atoms with Crippen LogP contribution in [0.25, 0.3) is 0 Å². The fourth-order valence-electron chi connectivity index (χ4n) is 2.97. The maximum atomic E-state index is 6.21. The molecule has 1 aromatic rings. The highest BCUT2D eigenvalue weighted by molar-refractivity contribution is 8.13. The molecule has 23 heavy (non-hydrogen) atoms. The second kappa shape index (κ2) is 6.89. The highest BCUT2D eigenvalue weighted by Crippen LogP contribution is 2.34. The SMILES string of the molecule is Clc1cc2c(c(CSC3=NC[NH+](CC4CC4)CN3)c1)OCOC2. The minimum atomic E-state index is 0.310. The van der Waals surface area contributed by atoms with Crippen LogP contribution in [-0.4, -0.2) is 31.8 Å². The fraction of sp³-hybridized carbons (Fsp3) is 0.562. The first-order chi connectivity index (χ1) is 11.3. The second-order valence-electron chi connectivity index (χ2n) is 6.32. The summed E-state index contributed by atoms with van der Waals surface area (Å²) in [4.78, 5) is 6.21. The number of thioether (sulfide) groups is 1. The second-order valence-corrected chi connectivity index (χ2v) is 7.73. The lowest BCUT2D eigenvalue weighted by Crippen LogP contribution is -3.14. The fourth-order valence-corrected chi connectivity index (χ4v) is 4.07. The van der Waals surface area contributed by atoms with Crippen molar-refractivity contribution in [1.82, 2.24) is 5.32 Å². The summed E-state index contributed by atoms with van der Waals surface area (Å²) in [6.07, 6.45) is 2.80. The van der Waals surface area contributed by atoms with E-state index in [0.29, 0.717) is 13.4 Å². The zero-order valence-electron chi connectivity index (χ0n) is 12.9. The van der Waals surface area contributed by atoms with E-state index in [-0.39, 0.29) is 0 Å². The number of nitrogens with zero attached hydrogens (tertiary/aromatic N) is 1. The molecule has 0 saturated heterocycles. The van der Waals surface area contributed by atoms with Gasteiger partial charge in [-0.2, -0.15) is 0 Å². The van der Waals surface area contributed by atoms with Crippen LogP contribution in [0.15, 0.2) is 17.1 Å². The number of aliphatic imine (C=N–C) groups is 1. The molecule has 3 aliphatic rings.